The van der Waals surface area contributed by atoms with E-state index >= 15 is 0 Å². The molecule has 10 aromatic rings. The van der Waals surface area contributed by atoms with Crippen molar-refractivity contribution in [1.82, 2.24) is 9.13 Å². The molecule has 3 heterocycles. The SMILES string of the molecule is c1ccc2c(c1)sc1c(-n3c4ccccc4c4c(-c5ccc6c7ccccc7n(-c7ccc(C89CC%10CC(C8)C(C%10)C9)cc7)c6c5)cccc43)cccc12. The summed E-state index contributed by atoms with van der Waals surface area (Å²) in [6, 6.07) is 57.4. The molecule has 4 aliphatic rings. The molecule has 0 saturated heterocycles. The maximum atomic E-state index is 2.51. The van der Waals surface area contributed by atoms with Gasteiger partial charge in [-0.2, -0.15) is 0 Å². The second kappa shape index (κ2) is 10.7. The lowest BCUT2D eigenvalue weighted by atomic mass is 9.66. The van der Waals surface area contributed by atoms with Crippen LogP contribution in [0.15, 0.2) is 152 Å². The van der Waals surface area contributed by atoms with E-state index in [9.17, 15) is 0 Å². The summed E-state index contributed by atoms with van der Waals surface area (Å²) in [5, 5.41) is 7.84. The molecule has 4 bridgehead atoms. The fourth-order valence-corrected chi connectivity index (χ4v) is 13.2. The number of benzene rings is 7. The van der Waals surface area contributed by atoms with Crippen LogP contribution < -0.4 is 0 Å². The van der Waals surface area contributed by atoms with E-state index in [1.165, 1.54) is 118 Å². The number of para-hydroxylation sites is 2. The van der Waals surface area contributed by atoms with Crippen LogP contribution in [0.4, 0.5) is 0 Å². The summed E-state index contributed by atoms with van der Waals surface area (Å²) in [5.41, 5.74) is 12.0. The van der Waals surface area contributed by atoms with Crippen molar-refractivity contribution in [2.75, 3.05) is 0 Å². The number of fused-ring (bicyclic) bond motifs is 9. The molecule has 0 amide bonds. The first-order valence-electron chi connectivity index (χ1n) is 19.8. The van der Waals surface area contributed by atoms with Gasteiger partial charge in [-0.1, -0.05) is 103 Å². The van der Waals surface area contributed by atoms with E-state index in [2.05, 4.69) is 161 Å². The van der Waals surface area contributed by atoms with Crippen LogP contribution in [0.25, 0.3) is 86.3 Å². The summed E-state index contributed by atoms with van der Waals surface area (Å²) < 4.78 is 7.68. The normalized spacial score (nSPS) is 22.0. The van der Waals surface area contributed by atoms with Gasteiger partial charge in [0.2, 0.25) is 0 Å². The van der Waals surface area contributed by atoms with Crippen LogP contribution in [0.3, 0.4) is 0 Å². The van der Waals surface area contributed by atoms with E-state index in [-0.39, 0.29) is 0 Å². The molecular formula is C51H38N2S. The van der Waals surface area contributed by atoms with Gasteiger partial charge in [-0.05, 0) is 120 Å². The first-order chi connectivity index (χ1) is 26.7. The second-order valence-corrected chi connectivity index (χ2v) is 17.7. The Kier molecular flexibility index (Phi) is 5.92. The molecule has 4 saturated carbocycles. The van der Waals surface area contributed by atoms with Gasteiger partial charge in [0, 0.05) is 42.7 Å². The molecule has 258 valence electrons. The number of hydrogen-bond donors (Lipinski definition) is 0. The van der Waals surface area contributed by atoms with Gasteiger partial charge in [0.15, 0.2) is 0 Å². The summed E-state index contributed by atoms with van der Waals surface area (Å²) in [5.74, 6) is 2.91. The summed E-state index contributed by atoms with van der Waals surface area (Å²) >= 11 is 1.90. The molecule has 54 heavy (non-hydrogen) atoms. The van der Waals surface area contributed by atoms with Crippen molar-refractivity contribution in [3.63, 3.8) is 0 Å². The average Bonchev–Trinajstić information content (AvgIpc) is 3.99. The largest absolute Gasteiger partial charge is 0.309 e. The topological polar surface area (TPSA) is 9.86 Å². The van der Waals surface area contributed by atoms with Crippen LogP contribution in [-0.4, -0.2) is 9.13 Å². The Morgan fingerprint density at radius 2 is 1.17 bits per heavy atom. The standard InChI is InChI=1S/C51H38N2S/c1-4-14-43-38(9-1)39-24-19-32(27-47(39)52(43)36-22-20-35(21-23-36)51-28-31-25-33(29-51)34(26-31)30-51)37-12-7-16-45-49(37)42-11-2-5-15-44(42)53(45)46-17-8-13-41-40-10-3-6-18-48(40)54-50(41)46/h1-24,27,31,33-34H,25-26,28-30H2. The molecule has 2 unspecified atom stereocenters. The van der Waals surface area contributed by atoms with Gasteiger partial charge in [0.25, 0.3) is 0 Å². The Morgan fingerprint density at radius 3 is 1.98 bits per heavy atom. The number of thiophene rings is 1. The van der Waals surface area contributed by atoms with Gasteiger partial charge < -0.3 is 9.13 Å². The highest BCUT2D eigenvalue weighted by atomic mass is 32.1. The number of nitrogens with zero attached hydrogens (tertiary/aromatic N) is 2. The summed E-state index contributed by atoms with van der Waals surface area (Å²) in [7, 11) is 0. The minimum absolute atomic E-state index is 0.420. The zero-order chi connectivity index (χ0) is 35.1. The van der Waals surface area contributed by atoms with E-state index in [1.54, 1.807) is 5.56 Å². The molecule has 2 atom stereocenters. The number of aromatic nitrogens is 2. The average molecular weight is 711 g/mol. The lowest BCUT2D eigenvalue weighted by Crippen LogP contribution is -2.31. The predicted octanol–water partition coefficient (Wildman–Crippen LogP) is 14.0. The van der Waals surface area contributed by atoms with Gasteiger partial charge in [-0.25, -0.2) is 0 Å². The van der Waals surface area contributed by atoms with Crippen LogP contribution in [0.1, 0.15) is 37.7 Å². The quantitative estimate of drug-likeness (QED) is 0.172. The molecule has 14 rings (SSSR count). The second-order valence-electron chi connectivity index (χ2n) is 16.7. The third-order valence-corrected chi connectivity index (χ3v) is 15.2. The third-order valence-electron chi connectivity index (χ3n) is 14.0. The van der Waals surface area contributed by atoms with Gasteiger partial charge in [-0.3, -0.25) is 0 Å². The van der Waals surface area contributed by atoms with Crippen molar-refractivity contribution in [1.29, 1.82) is 0 Å². The zero-order valence-corrected chi connectivity index (χ0v) is 30.8. The minimum Gasteiger partial charge on any atom is -0.309 e. The summed E-state index contributed by atoms with van der Waals surface area (Å²) in [4.78, 5) is 0. The number of hydrogen-bond acceptors (Lipinski definition) is 1. The molecule has 0 aliphatic heterocycles. The molecule has 0 radical (unpaired) electrons. The van der Waals surface area contributed by atoms with Gasteiger partial charge in [0.05, 0.1) is 32.5 Å². The Hall–Kier alpha value is -5.64. The van der Waals surface area contributed by atoms with Crippen LogP contribution in [-0.2, 0) is 5.41 Å². The van der Waals surface area contributed by atoms with E-state index in [0.29, 0.717) is 5.41 Å². The first-order valence-corrected chi connectivity index (χ1v) is 20.6. The fourth-order valence-electron chi connectivity index (χ4n) is 12.0. The highest BCUT2D eigenvalue weighted by Crippen LogP contribution is 2.64. The molecule has 4 aliphatic carbocycles. The molecule has 3 aromatic heterocycles. The fraction of sp³-hybridized carbons (Fsp3) is 0.176. The lowest BCUT2D eigenvalue weighted by Gasteiger charge is -2.39. The summed E-state index contributed by atoms with van der Waals surface area (Å²) in [6.07, 6.45) is 7.20. The maximum absolute atomic E-state index is 2.51. The highest BCUT2D eigenvalue weighted by Gasteiger charge is 2.56. The van der Waals surface area contributed by atoms with Gasteiger partial charge in [0.1, 0.15) is 0 Å². The van der Waals surface area contributed by atoms with E-state index in [4.69, 9.17) is 0 Å². The van der Waals surface area contributed by atoms with E-state index < -0.39 is 0 Å². The van der Waals surface area contributed by atoms with Crippen molar-refractivity contribution < 1.29 is 0 Å². The lowest BCUT2D eigenvalue weighted by molar-refractivity contribution is 0.229. The Balaban J connectivity index is 1.01. The van der Waals surface area contributed by atoms with Crippen molar-refractivity contribution in [3.8, 4) is 22.5 Å². The Labute approximate surface area is 317 Å². The molecular weight excluding hydrogens is 673 g/mol. The van der Waals surface area contributed by atoms with Crippen molar-refractivity contribution >= 4 is 75.1 Å². The van der Waals surface area contributed by atoms with Crippen LogP contribution in [0.5, 0.6) is 0 Å². The summed E-state index contributed by atoms with van der Waals surface area (Å²) in [6.45, 7) is 0. The molecule has 0 spiro atoms. The van der Waals surface area contributed by atoms with E-state index in [0.717, 1.165) is 17.8 Å². The molecule has 0 N–H and O–H groups in total. The maximum Gasteiger partial charge on any atom is 0.0640 e. The van der Waals surface area contributed by atoms with E-state index in [1.807, 2.05) is 11.3 Å². The van der Waals surface area contributed by atoms with Crippen LogP contribution >= 0.6 is 11.3 Å². The minimum atomic E-state index is 0.420. The van der Waals surface area contributed by atoms with Gasteiger partial charge in [-0.15, -0.1) is 11.3 Å². The van der Waals surface area contributed by atoms with Crippen molar-refractivity contribution in [2.45, 2.75) is 37.5 Å². The van der Waals surface area contributed by atoms with Crippen LogP contribution in [0, 0.1) is 17.8 Å². The van der Waals surface area contributed by atoms with Crippen LogP contribution in [0.2, 0.25) is 0 Å². The monoisotopic (exact) mass is 710 g/mol. The van der Waals surface area contributed by atoms with Crippen molar-refractivity contribution in [3.05, 3.63) is 157 Å². The highest BCUT2D eigenvalue weighted by molar-refractivity contribution is 7.26. The van der Waals surface area contributed by atoms with Gasteiger partial charge >= 0.3 is 0 Å². The Bertz CT molecular complexity index is 3150. The smallest absolute Gasteiger partial charge is 0.0640 e. The third kappa shape index (κ3) is 3.95. The number of rotatable bonds is 4. The predicted molar refractivity (Wildman–Crippen MR) is 229 cm³/mol. The molecule has 7 aromatic carbocycles. The Morgan fingerprint density at radius 1 is 0.500 bits per heavy atom. The van der Waals surface area contributed by atoms with Crippen molar-refractivity contribution in [2.24, 2.45) is 17.8 Å². The zero-order valence-electron chi connectivity index (χ0n) is 30.0. The molecule has 2 nitrogen and oxygen atoms in total. The molecule has 4 fully saturated rings. The molecule has 3 heteroatoms. The first kappa shape index (κ1) is 29.8.